The Balaban J connectivity index is 3.07. The smallest absolute Gasteiger partial charge is 0.252 e. The van der Waals surface area contributed by atoms with Crippen LogP contribution in [0.4, 0.5) is 13.2 Å². The average Bonchev–Trinajstić information content (AvgIpc) is 2.35. The number of alkyl halides is 3. The van der Waals surface area contributed by atoms with Crippen LogP contribution in [-0.4, -0.2) is 4.98 Å². The fourth-order valence-electron chi connectivity index (χ4n) is 2.05. The molecule has 0 saturated carbocycles. The Morgan fingerprint density at radius 2 is 1.89 bits per heavy atom. The van der Waals surface area contributed by atoms with Crippen molar-refractivity contribution in [3.05, 3.63) is 29.6 Å². The number of nitrogens with zero attached hydrogens (tertiary/aromatic N) is 1. The summed E-state index contributed by atoms with van der Waals surface area (Å²) < 4.78 is 37.9. The van der Waals surface area contributed by atoms with Crippen LogP contribution in [0.3, 0.4) is 0 Å². The molecule has 1 unspecified atom stereocenters. The van der Waals surface area contributed by atoms with Crippen molar-refractivity contribution in [1.29, 1.82) is 0 Å². The van der Waals surface area contributed by atoms with Crippen LogP contribution in [0.2, 0.25) is 0 Å². The average molecular weight is 259 g/mol. The first-order valence-electron chi connectivity index (χ1n) is 6.37. The summed E-state index contributed by atoms with van der Waals surface area (Å²) in [7, 11) is 0. The van der Waals surface area contributed by atoms with Gasteiger partial charge in [-0.15, -0.1) is 0 Å². The van der Waals surface area contributed by atoms with Gasteiger partial charge < -0.3 is 0 Å². The molecule has 0 aliphatic heterocycles. The van der Waals surface area contributed by atoms with Crippen LogP contribution >= 0.6 is 0 Å². The lowest BCUT2D eigenvalue weighted by Gasteiger charge is -2.29. The van der Waals surface area contributed by atoms with Gasteiger partial charge >= 0.3 is 6.18 Å². The van der Waals surface area contributed by atoms with E-state index in [9.17, 15) is 13.2 Å². The molecule has 102 valence electrons. The van der Waals surface area contributed by atoms with Gasteiger partial charge in [-0.25, -0.2) is 0 Å². The first-order chi connectivity index (χ1) is 8.33. The lowest BCUT2D eigenvalue weighted by atomic mass is 9.76. The molecule has 0 saturated heterocycles. The van der Waals surface area contributed by atoms with Gasteiger partial charge in [-0.2, -0.15) is 13.2 Å². The van der Waals surface area contributed by atoms with Crippen LogP contribution in [0.15, 0.2) is 18.3 Å². The molecule has 0 fully saturated rings. The SMILES string of the molecule is CCCCC(C)(CC)c1ccnc(C(F)(F)F)c1. The van der Waals surface area contributed by atoms with E-state index >= 15 is 0 Å². The predicted octanol–water partition coefficient (Wildman–Crippen LogP) is 4.96. The van der Waals surface area contributed by atoms with Gasteiger partial charge in [0, 0.05) is 6.20 Å². The number of unbranched alkanes of at least 4 members (excludes halogenated alkanes) is 1. The largest absolute Gasteiger partial charge is 0.433 e. The molecule has 0 aliphatic carbocycles. The van der Waals surface area contributed by atoms with E-state index in [0.29, 0.717) is 0 Å². The van der Waals surface area contributed by atoms with Crippen LogP contribution in [0.5, 0.6) is 0 Å². The molecule has 1 atom stereocenters. The third-order valence-electron chi connectivity index (χ3n) is 3.61. The standard InChI is InChI=1S/C14H20F3N/c1-4-6-8-13(3,5-2)11-7-9-18-12(10-11)14(15,16)17/h7,9-10H,4-6,8H2,1-3H3. The summed E-state index contributed by atoms with van der Waals surface area (Å²) in [6.07, 6.45) is 0.698. The van der Waals surface area contributed by atoms with E-state index < -0.39 is 11.9 Å². The van der Waals surface area contributed by atoms with Crippen LogP contribution in [0, 0.1) is 0 Å². The van der Waals surface area contributed by atoms with Crippen molar-refractivity contribution in [2.75, 3.05) is 0 Å². The second-order valence-corrected chi connectivity index (χ2v) is 4.95. The lowest BCUT2D eigenvalue weighted by Crippen LogP contribution is -2.22. The monoisotopic (exact) mass is 259 g/mol. The van der Waals surface area contributed by atoms with Crippen LogP contribution < -0.4 is 0 Å². The van der Waals surface area contributed by atoms with E-state index in [2.05, 4.69) is 11.9 Å². The van der Waals surface area contributed by atoms with Crippen molar-refractivity contribution in [1.82, 2.24) is 4.98 Å². The summed E-state index contributed by atoms with van der Waals surface area (Å²) >= 11 is 0. The number of halogens is 3. The molecule has 1 nitrogen and oxygen atoms in total. The van der Waals surface area contributed by atoms with E-state index in [1.54, 1.807) is 6.07 Å². The maximum atomic E-state index is 12.6. The van der Waals surface area contributed by atoms with Crippen LogP contribution in [0.25, 0.3) is 0 Å². The zero-order chi connectivity index (χ0) is 13.8. The predicted molar refractivity (Wildman–Crippen MR) is 66.4 cm³/mol. The van der Waals surface area contributed by atoms with E-state index in [1.165, 1.54) is 12.3 Å². The number of aromatic nitrogens is 1. The number of hydrogen-bond donors (Lipinski definition) is 0. The quantitative estimate of drug-likeness (QED) is 0.728. The summed E-state index contributed by atoms with van der Waals surface area (Å²) in [5.41, 5.74) is -0.254. The number of rotatable bonds is 5. The van der Waals surface area contributed by atoms with Gasteiger partial charge in [0.15, 0.2) is 0 Å². The van der Waals surface area contributed by atoms with Gasteiger partial charge in [0.25, 0.3) is 0 Å². The molecule has 0 spiro atoms. The Kier molecular flexibility index (Phi) is 4.77. The maximum Gasteiger partial charge on any atom is 0.433 e. The number of pyridine rings is 1. The fourth-order valence-corrected chi connectivity index (χ4v) is 2.05. The fraction of sp³-hybridized carbons (Fsp3) is 0.643. The molecule has 0 radical (unpaired) electrons. The van der Waals surface area contributed by atoms with Crippen molar-refractivity contribution in [2.45, 2.75) is 58.0 Å². The molecule has 4 heteroatoms. The Morgan fingerprint density at radius 3 is 2.39 bits per heavy atom. The highest BCUT2D eigenvalue weighted by atomic mass is 19.4. The molecular weight excluding hydrogens is 239 g/mol. The Hall–Kier alpha value is -1.06. The lowest BCUT2D eigenvalue weighted by molar-refractivity contribution is -0.141. The molecular formula is C14H20F3N. The van der Waals surface area contributed by atoms with Gasteiger partial charge in [0.1, 0.15) is 5.69 Å². The molecule has 1 aromatic heterocycles. The van der Waals surface area contributed by atoms with Crippen LogP contribution in [0.1, 0.15) is 57.7 Å². The van der Waals surface area contributed by atoms with Crippen LogP contribution in [-0.2, 0) is 11.6 Å². The van der Waals surface area contributed by atoms with E-state index in [-0.39, 0.29) is 5.41 Å². The Bertz CT molecular complexity index is 387. The molecule has 0 bridgehead atoms. The van der Waals surface area contributed by atoms with Crippen molar-refractivity contribution < 1.29 is 13.2 Å². The molecule has 0 N–H and O–H groups in total. The molecule has 1 aromatic rings. The van der Waals surface area contributed by atoms with E-state index in [0.717, 1.165) is 31.2 Å². The second kappa shape index (κ2) is 5.72. The molecule has 0 aliphatic rings. The first-order valence-corrected chi connectivity index (χ1v) is 6.37. The zero-order valence-electron chi connectivity index (χ0n) is 11.1. The topological polar surface area (TPSA) is 12.9 Å². The highest BCUT2D eigenvalue weighted by Gasteiger charge is 2.34. The molecule has 0 aromatic carbocycles. The normalized spacial score (nSPS) is 15.4. The van der Waals surface area contributed by atoms with Gasteiger partial charge in [-0.3, -0.25) is 4.98 Å². The third-order valence-corrected chi connectivity index (χ3v) is 3.61. The Morgan fingerprint density at radius 1 is 1.22 bits per heavy atom. The molecule has 1 rings (SSSR count). The van der Waals surface area contributed by atoms with Crippen molar-refractivity contribution in [3.8, 4) is 0 Å². The van der Waals surface area contributed by atoms with Crippen molar-refractivity contribution >= 4 is 0 Å². The van der Waals surface area contributed by atoms with Crippen molar-refractivity contribution in [3.63, 3.8) is 0 Å². The van der Waals surface area contributed by atoms with Gasteiger partial charge in [0.05, 0.1) is 0 Å². The minimum Gasteiger partial charge on any atom is -0.252 e. The highest BCUT2D eigenvalue weighted by molar-refractivity contribution is 5.26. The minimum absolute atomic E-state index is 0.195. The first kappa shape index (κ1) is 15.0. The zero-order valence-corrected chi connectivity index (χ0v) is 11.1. The number of hydrogen-bond acceptors (Lipinski definition) is 1. The summed E-state index contributed by atoms with van der Waals surface area (Å²) in [5, 5.41) is 0. The molecule has 0 amide bonds. The summed E-state index contributed by atoms with van der Waals surface area (Å²) in [5.74, 6) is 0. The van der Waals surface area contributed by atoms with Crippen molar-refractivity contribution in [2.24, 2.45) is 0 Å². The van der Waals surface area contributed by atoms with E-state index in [4.69, 9.17) is 0 Å². The molecule has 1 heterocycles. The summed E-state index contributed by atoms with van der Waals surface area (Å²) in [6, 6.07) is 2.90. The maximum absolute atomic E-state index is 12.6. The van der Waals surface area contributed by atoms with Gasteiger partial charge in [-0.05, 0) is 36.0 Å². The van der Waals surface area contributed by atoms with Gasteiger partial charge in [-0.1, -0.05) is 33.6 Å². The minimum atomic E-state index is -4.37. The summed E-state index contributed by atoms with van der Waals surface area (Å²) in [4.78, 5) is 3.41. The third kappa shape index (κ3) is 3.47. The van der Waals surface area contributed by atoms with E-state index in [1.807, 2.05) is 13.8 Å². The highest BCUT2D eigenvalue weighted by Crippen LogP contribution is 2.35. The molecule has 18 heavy (non-hydrogen) atoms. The second-order valence-electron chi connectivity index (χ2n) is 4.95. The summed E-state index contributed by atoms with van der Waals surface area (Å²) in [6.45, 7) is 6.13. The Labute approximate surface area is 106 Å². The van der Waals surface area contributed by atoms with Gasteiger partial charge in [0.2, 0.25) is 0 Å².